The van der Waals surface area contributed by atoms with Gasteiger partial charge in [0.25, 0.3) is 11.8 Å². The first-order chi connectivity index (χ1) is 18.4. The summed E-state index contributed by atoms with van der Waals surface area (Å²) in [7, 11) is 0. The lowest BCUT2D eigenvalue weighted by molar-refractivity contribution is 0.0513. The molecule has 0 saturated heterocycles. The maximum absolute atomic E-state index is 13.0. The van der Waals surface area contributed by atoms with Gasteiger partial charge in [0.2, 0.25) is 0 Å². The van der Waals surface area contributed by atoms with Crippen LogP contribution in [0.5, 0.6) is 0 Å². The van der Waals surface area contributed by atoms with E-state index in [4.69, 9.17) is 9.47 Å². The lowest BCUT2D eigenvalue weighted by atomic mass is 10.1. The van der Waals surface area contributed by atoms with Crippen molar-refractivity contribution in [2.24, 2.45) is 5.92 Å². The highest BCUT2D eigenvalue weighted by atomic mass is 16.6. The molecule has 11 heteroatoms. The monoisotopic (exact) mass is 539 g/mol. The Hall–Kier alpha value is -4.28. The molecule has 0 aliphatic rings. The van der Waals surface area contributed by atoms with E-state index >= 15 is 0 Å². The Morgan fingerprint density at radius 1 is 1.00 bits per heavy atom. The summed E-state index contributed by atoms with van der Waals surface area (Å²) in [6, 6.07) is 8.31. The number of nitrogens with zero attached hydrogens (tertiary/aromatic N) is 1. The van der Waals surface area contributed by atoms with Gasteiger partial charge in [-0.2, -0.15) is 0 Å². The van der Waals surface area contributed by atoms with Gasteiger partial charge in [0.15, 0.2) is 0 Å². The van der Waals surface area contributed by atoms with Gasteiger partial charge in [-0.05, 0) is 63.9 Å². The number of aromatic amines is 1. The van der Waals surface area contributed by atoms with Crippen LogP contribution >= 0.6 is 0 Å². The highest BCUT2D eigenvalue weighted by Gasteiger charge is 2.18. The van der Waals surface area contributed by atoms with Crippen molar-refractivity contribution in [2.45, 2.75) is 53.7 Å². The van der Waals surface area contributed by atoms with Crippen LogP contribution in [0.15, 0.2) is 36.5 Å². The number of rotatable bonds is 10. The summed E-state index contributed by atoms with van der Waals surface area (Å²) in [4.78, 5) is 52.7. The van der Waals surface area contributed by atoms with E-state index < -0.39 is 17.7 Å². The second-order valence-corrected chi connectivity index (χ2v) is 10.5. The Balaban J connectivity index is 1.67. The Morgan fingerprint density at radius 2 is 1.72 bits per heavy atom. The molecule has 39 heavy (non-hydrogen) atoms. The molecular weight excluding hydrogens is 502 g/mol. The largest absolute Gasteiger partial charge is 0.461 e. The topological polar surface area (TPSA) is 144 Å². The summed E-state index contributed by atoms with van der Waals surface area (Å²) in [5.74, 6) is -0.892. The van der Waals surface area contributed by atoms with E-state index in [1.54, 1.807) is 68.8 Å². The van der Waals surface area contributed by atoms with Gasteiger partial charge in [-0.25, -0.2) is 9.59 Å². The lowest BCUT2D eigenvalue weighted by Crippen LogP contribution is -2.38. The Kier molecular flexibility index (Phi) is 9.39. The van der Waals surface area contributed by atoms with Gasteiger partial charge in [-0.1, -0.05) is 13.8 Å². The Bertz CT molecular complexity index is 1350. The van der Waals surface area contributed by atoms with E-state index in [0.717, 1.165) is 0 Å². The van der Waals surface area contributed by atoms with Crippen molar-refractivity contribution in [3.05, 3.63) is 53.5 Å². The molecule has 4 N–H and O–H groups in total. The molecule has 0 fully saturated rings. The number of carbonyl (C=O) groups is 4. The molecule has 2 heterocycles. The molecule has 2 aromatic heterocycles. The zero-order valence-electron chi connectivity index (χ0n) is 23.3. The van der Waals surface area contributed by atoms with Crippen molar-refractivity contribution >= 4 is 40.5 Å². The van der Waals surface area contributed by atoms with Crippen molar-refractivity contribution < 1.29 is 28.7 Å². The fraction of sp³-hybridized carbons (Fsp3) is 0.429. The van der Waals surface area contributed by atoms with Gasteiger partial charge in [-0.15, -0.1) is 0 Å². The Morgan fingerprint density at radius 3 is 2.38 bits per heavy atom. The second-order valence-electron chi connectivity index (χ2n) is 10.5. The Labute approximate surface area is 227 Å². The number of amides is 3. The van der Waals surface area contributed by atoms with E-state index in [2.05, 4.69) is 20.9 Å². The molecule has 0 spiro atoms. The molecule has 0 radical (unpaired) electrons. The maximum Gasteiger partial charge on any atom is 0.407 e. The number of nitrogens with one attached hydrogen (secondary N) is 4. The van der Waals surface area contributed by atoms with Crippen LogP contribution in [0.1, 0.15) is 72.9 Å². The van der Waals surface area contributed by atoms with Crippen LogP contribution in [-0.2, 0) is 16.0 Å². The van der Waals surface area contributed by atoms with Gasteiger partial charge in [0.05, 0.1) is 12.3 Å². The first-order valence-corrected chi connectivity index (χ1v) is 12.9. The lowest BCUT2D eigenvalue weighted by Gasteiger charge is -2.19. The van der Waals surface area contributed by atoms with Crippen LogP contribution in [-0.4, -0.2) is 58.7 Å². The normalized spacial score (nSPS) is 11.4. The molecule has 3 aromatic rings. The van der Waals surface area contributed by atoms with Gasteiger partial charge in [0.1, 0.15) is 17.0 Å². The third kappa shape index (κ3) is 8.36. The van der Waals surface area contributed by atoms with Gasteiger partial charge >= 0.3 is 12.1 Å². The average molecular weight is 540 g/mol. The maximum atomic E-state index is 13.0. The van der Waals surface area contributed by atoms with E-state index in [9.17, 15) is 19.2 Å². The van der Waals surface area contributed by atoms with Crippen molar-refractivity contribution in [1.82, 2.24) is 20.2 Å². The predicted octanol–water partition coefficient (Wildman–Crippen LogP) is 4.31. The minimum Gasteiger partial charge on any atom is -0.461 e. The van der Waals surface area contributed by atoms with E-state index in [0.29, 0.717) is 40.1 Å². The summed E-state index contributed by atoms with van der Waals surface area (Å²) in [5.41, 5.74) is 1.67. The smallest absolute Gasteiger partial charge is 0.407 e. The molecule has 0 unspecified atom stereocenters. The van der Waals surface area contributed by atoms with Gasteiger partial charge < -0.3 is 35.0 Å². The zero-order valence-corrected chi connectivity index (χ0v) is 23.3. The van der Waals surface area contributed by atoms with Crippen LogP contribution < -0.4 is 16.0 Å². The summed E-state index contributed by atoms with van der Waals surface area (Å²) >= 11 is 0. The third-order valence-electron chi connectivity index (χ3n) is 5.41. The average Bonchev–Trinajstić information content (AvgIpc) is 3.43. The van der Waals surface area contributed by atoms with Crippen molar-refractivity contribution in [2.75, 3.05) is 25.0 Å². The molecule has 3 rings (SSSR count). The molecule has 3 amide bonds. The van der Waals surface area contributed by atoms with Crippen LogP contribution in [0.4, 0.5) is 10.5 Å². The molecule has 210 valence electrons. The fourth-order valence-electron chi connectivity index (χ4n) is 3.85. The number of hydrogen-bond acceptors (Lipinski definition) is 6. The second kappa shape index (κ2) is 12.5. The predicted molar refractivity (Wildman–Crippen MR) is 148 cm³/mol. The standard InChI is InChI=1S/C28H37N5O6/c1-7-38-26(36)22-13-19-12-18(8-9-21(19)32-22)24(34)31-20-14-23(33(16-20)15-17(2)3)25(35)29-10-11-30-27(37)39-28(4,5)6/h8-9,12-14,16-17,32H,7,10-11,15H2,1-6H3,(H,29,35)(H,30,37)(H,31,34). The summed E-state index contributed by atoms with van der Waals surface area (Å²) in [5, 5.41) is 8.93. The SMILES string of the molecule is CCOC(=O)c1cc2cc(C(=O)Nc3cc(C(=O)NCCNC(=O)OC(C)(C)C)n(CC(C)C)c3)ccc2[nH]1. The highest BCUT2D eigenvalue weighted by molar-refractivity contribution is 6.07. The first kappa shape index (κ1) is 29.3. The molecular formula is C28H37N5O6. The quantitative estimate of drug-likeness (QED) is 0.223. The number of hydrogen-bond donors (Lipinski definition) is 4. The van der Waals surface area contributed by atoms with Crippen molar-refractivity contribution in [1.29, 1.82) is 0 Å². The molecule has 0 aliphatic carbocycles. The number of aromatic nitrogens is 2. The van der Waals surface area contributed by atoms with Gasteiger partial charge in [0, 0.05) is 42.3 Å². The number of fused-ring (bicyclic) bond motifs is 1. The van der Waals surface area contributed by atoms with Crippen molar-refractivity contribution in [3.8, 4) is 0 Å². The van der Waals surface area contributed by atoms with Crippen LogP contribution in [0, 0.1) is 5.92 Å². The number of carbonyl (C=O) groups excluding carboxylic acids is 4. The first-order valence-electron chi connectivity index (χ1n) is 12.9. The zero-order chi connectivity index (χ0) is 28.7. The summed E-state index contributed by atoms with van der Waals surface area (Å²) in [6.45, 7) is 12.4. The highest BCUT2D eigenvalue weighted by Crippen LogP contribution is 2.21. The molecule has 0 bridgehead atoms. The number of H-pyrrole nitrogens is 1. The minimum atomic E-state index is -0.606. The van der Waals surface area contributed by atoms with Gasteiger partial charge in [-0.3, -0.25) is 9.59 Å². The van der Waals surface area contributed by atoms with Crippen LogP contribution in [0.25, 0.3) is 10.9 Å². The van der Waals surface area contributed by atoms with Crippen molar-refractivity contribution in [3.63, 3.8) is 0 Å². The summed E-state index contributed by atoms with van der Waals surface area (Å²) < 4.78 is 12.0. The summed E-state index contributed by atoms with van der Waals surface area (Å²) in [6.07, 6.45) is 1.17. The number of esters is 1. The van der Waals surface area contributed by atoms with Crippen LogP contribution in [0.2, 0.25) is 0 Å². The van der Waals surface area contributed by atoms with Crippen LogP contribution in [0.3, 0.4) is 0 Å². The van der Waals surface area contributed by atoms with E-state index in [-0.39, 0.29) is 37.4 Å². The molecule has 1 aromatic carbocycles. The molecule has 0 saturated carbocycles. The third-order valence-corrected chi connectivity index (χ3v) is 5.41. The minimum absolute atomic E-state index is 0.203. The fourth-order valence-corrected chi connectivity index (χ4v) is 3.85. The number of alkyl carbamates (subject to hydrolysis) is 1. The number of ether oxygens (including phenoxy) is 2. The van der Waals surface area contributed by atoms with E-state index in [1.807, 2.05) is 13.8 Å². The number of anilines is 1. The van der Waals surface area contributed by atoms with E-state index in [1.165, 1.54) is 0 Å². The molecule has 0 aliphatic heterocycles. The number of benzene rings is 1. The molecule has 0 atom stereocenters. The molecule has 11 nitrogen and oxygen atoms in total.